The van der Waals surface area contributed by atoms with Crippen molar-refractivity contribution in [2.45, 2.75) is 6.18 Å². The topological polar surface area (TPSA) is 69.1 Å². The normalized spacial score (nSPS) is 11.9. The van der Waals surface area contributed by atoms with E-state index in [4.69, 9.17) is 16.1 Å². The summed E-state index contributed by atoms with van der Waals surface area (Å²) in [7, 11) is 0. The number of aromatic nitrogens is 5. The van der Waals surface area contributed by atoms with Gasteiger partial charge in [0.25, 0.3) is 5.89 Å². The van der Waals surface area contributed by atoms with Crippen LogP contribution in [0.15, 0.2) is 65.2 Å². The van der Waals surface area contributed by atoms with Gasteiger partial charge in [-0.2, -0.15) is 23.3 Å². The van der Waals surface area contributed by atoms with E-state index in [1.54, 1.807) is 24.3 Å². The van der Waals surface area contributed by atoms with Crippen LogP contribution in [-0.4, -0.2) is 24.7 Å². The zero-order valence-electron chi connectivity index (χ0n) is 15.8. The van der Waals surface area contributed by atoms with Gasteiger partial charge in [-0.25, -0.2) is 13.9 Å². The van der Waals surface area contributed by atoms with Crippen LogP contribution in [0.25, 0.3) is 39.9 Å². The van der Waals surface area contributed by atoms with E-state index in [1.165, 1.54) is 30.3 Å². The molecule has 0 amide bonds. The number of rotatable bonds is 3. The summed E-state index contributed by atoms with van der Waals surface area (Å²) in [6.45, 7) is 0. The molecule has 3 aromatic heterocycles. The Balaban J connectivity index is 1.61. The van der Waals surface area contributed by atoms with Gasteiger partial charge in [0, 0.05) is 22.2 Å². The van der Waals surface area contributed by atoms with Crippen LogP contribution in [0.2, 0.25) is 5.02 Å². The molecule has 5 rings (SSSR count). The molecule has 32 heavy (non-hydrogen) atoms. The van der Waals surface area contributed by atoms with Crippen LogP contribution >= 0.6 is 11.6 Å². The van der Waals surface area contributed by atoms with Crippen molar-refractivity contribution < 1.29 is 22.1 Å². The Morgan fingerprint density at radius 1 is 0.844 bits per heavy atom. The Kier molecular flexibility index (Phi) is 4.66. The molecule has 0 aliphatic heterocycles. The predicted octanol–water partition coefficient (Wildman–Crippen LogP) is 5.92. The van der Waals surface area contributed by atoms with Crippen LogP contribution in [-0.2, 0) is 6.18 Å². The summed E-state index contributed by atoms with van der Waals surface area (Å²) in [5.74, 6) is -0.390. The third-order valence-electron chi connectivity index (χ3n) is 4.61. The summed E-state index contributed by atoms with van der Waals surface area (Å²) in [5, 5.41) is 8.22. The summed E-state index contributed by atoms with van der Waals surface area (Å²) in [5.41, 5.74) is -0.0216. The second kappa shape index (κ2) is 7.41. The number of fused-ring (bicyclic) bond motifs is 1. The second-order valence-corrected chi connectivity index (χ2v) is 7.20. The van der Waals surface area contributed by atoms with Gasteiger partial charge < -0.3 is 4.52 Å². The van der Waals surface area contributed by atoms with E-state index in [0.717, 1.165) is 6.07 Å². The molecule has 0 unspecified atom stereocenters. The van der Waals surface area contributed by atoms with Gasteiger partial charge in [-0.15, -0.1) is 0 Å². The van der Waals surface area contributed by atoms with E-state index in [-0.39, 0.29) is 28.8 Å². The lowest BCUT2D eigenvalue weighted by molar-refractivity contribution is -0.142. The average molecular weight is 460 g/mol. The van der Waals surface area contributed by atoms with Crippen molar-refractivity contribution in [3.05, 3.63) is 77.2 Å². The third-order valence-corrected chi connectivity index (χ3v) is 4.86. The number of alkyl halides is 3. The van der Waals surface area contributed by atoms with E-state index in [2.05, 4.69) is 20.2 Å². The first-order valence-electron chi connectivity index (χ1n) is 9.12. The molecule has 0 fully saturated rings. The molecule has 0 radical (unpaired) electrons. The summed E-state index contributed by atoms with van der Waals surface area (Å²) in [6.07, 6.45) is -4.69. The minimum absolute atomic E-state index is 0.0112. The highest BCUT2D eigenvalue weighted by molar-refractivity contribution is 6.30. The van der Waals surface area contributed by atoms with Crippen molar-refractivity contribution in [1.29, 1.82) is 0 Å². The van der Waals surface area contributed by atoms with Crippen LogP contribution in [0.4, 0.5) is 17.6 Å². The first kappa shape index (κ1) is 20.1. The van der Waals surface area contributed by atoms with E-state index >= 15 is 0 Å². The van der Waals surface area contributed by atoms with Gasteiger partial charge in [0.15, 0.2) is 17.0 Å². The number of nitrogens with zero attached hydrogens (tertiary/aromatic N) is 5. The van der Waals surface area contributed by atoms with Crippen LogP contribution in [0.3, 0.4) is 0 Å². The minimum atomic E-state index is -4.69. The van der Waals surface area contributed by atoms with Crippen molar-refractivity contribution in [2.24, 2.45) is 0 Å². The third kappa shape index (κ3) is 3.69. The maximum Gasteiger partial charge on any atom is 0.433 e. The molecule has 0 N–H and O–H groups in total. The van der Waals surface area contributed by atoms with Crippen molar-refractivity contribution >= 4 is 17.2 Å². The Morgan fingerprint density at radius 3 is 2.22 bits per heavy atom. The highest BCUT2D eigenvalue weighted by Gasteiger charge is 2.35. The quantitative estimate of drug-likeness (QED) is 0.313. The standard InChI is InChI=1S/C21H10ClF4N5O/c22-13-5-1-11(2-6-13)15-9-17(21(24,25)26)31-18(27-15)10-16(29-31)20-28-19(30-32-20)12-3-7-14(23)8-4-12/h1-10H. The average Bonchev–Trinajstić information content (AvgIpc) is 3.40. The first-order valence-corrected chi connectivity index (χ1v) is 9.50. The minimum Gasteiger partial charge on any atom is -0.332 e. The molecular formula is C21H10ClF4N5O. The summed E-state index contributed by atoms with van der Waals surface area (Å²) in [6, 6.07) is 13.9. The summed E-state index contributed by atoms with van der Waals surface area (Å²) >= 11 is 5.87. The van der Waals surface area contributed by atoms with Crippen molar-refractivity contribution in [3.63, 3.8) is 0 Å². The lowest BCUT2D eigenvalue weighted by Gasteiger charge is -2.11. The molecule has 6 nitrogen and oxygen atoms in total. The lowest BCUT2D eigenvalue weighted by Crippen LogP contribution is -2.13. The Labute approximate surface area is 182 Å². The smallest absolute Gasteiger partial charge is 0.332 e. The van der Waals surface area contributed by atoms with Gasteiger partial charge >= 0.3 is 6.18 Å². The van der Waals surface area contributed by atoms with Crippen molar-refractivity contribution in [1.82, 2.24) is 24.7 Å². The summed E-state index contributed by atoms with van der Waals surface area (Å²) in [4.78, 5) is 8.45. The highest BCUT2D eigenvalue weighted by Crippen LogP contribution is 2.33. The van der Waals surface area contributed by atoms with Gasteiger partial charge in [0.2, 0.25) is 5.82 Å². The van der Waals surface area contributed by atoms with E-state index < -0.39 is 17.7 Å². The van der Waals surface area contributed by atoms with Crippen LogP contribution in [0.5, 0.6) is 0 Å². The molecule has 160 valence electrons. The number of benzene rings is 2. The molecule has 5 aromatic rings. The van der Waals surface area contributed by atoms with Gasteiger partial charge in [0.1, 0.15) is 5.82 Å². The van der Waals surface area contributed by atoms with E-state index in [9.17, 15) is 17.6 Å². The van der Waals surface area contributed by atoms with Gasteiger partial charge in [-0.1, -0.05) is 28.9 Å². The zero-order valence-corrected chi connectivity index (χ0v) is 16.6. The fraction of sp³-hybridized carbons (Fsp3) is 0.0476. The Hall–Kier alpha value is -3.79. The summed E-state index contributed by atoms with van der Waals surface area (Å²) < 4.78 is 60.2. The largest absolute Gasteiger partial charge is 0.433 e. The molecule has 0 saturated heterocycles. The first-order chi connectivity index (χ1) is 15.3. The molecule has 11 heteroatoms. The molecule has 0 aliphatic rings. The van der Waals surface area contributed by atoms with Gasteiger partial charge in [-0.05, 0) is 42.5 Å². The molecule has 0 atom stereocenters. The molecular weight excluding hydrogens is 450 g/mol. The molecule has 0 aliphatic carbocycles. The van der Waals surface area contributed by atoms with Crippen molar-refractivity contribution in [2.75, 3.05) is 0 Å². The van der Waals surface area contributed by atoms with Gasteiger partial charge in [0.05, 0.1) is 5.69 Å². The second-order valence-electron chi connectivity index (χ2n) is 6.76. The zero-order chi connectivity index (χ0) is 22.5. The number of hydrogen-bond donors (Lipinski definition) is 0. The van der Waals surface area contributed by atoms with Crippen LogP contribution < -0.4 is 0 Å². The van der Waals surface area contributed by atoms with Crippen LogP contribution in [0.1, 0.15) is 5.69 Å². The Morgan fingerprint density at radius 2 is 1.53 bits per heavy atom. The monoisotopic (exact) mass is 459 g/mol. The fourth-order valence-corrected chi connectivity index (χ4v) is 3.22. The molecule has 3 heterocycles. The van der Waals surface area contributed by atoms with Crippen LogP contribution in [0, 0.1) is 5.82 Å². The maximum absolute atomic E-state index is 13.8. The maximum atomic E-state index is 13.8. The lowest BCUT2D eigenvalue weighted by atomic mass is 10.1. The fourth-order valence-electron chi connectivity index (χ4n) is 3.09. The van der Waals surface area contributed by atoms with Gasteiger partial charge in [-0.3, -0.25) is 0 Å². The molecule has 2 aromatic carbocycles. The molecule has 0 saturated carbocycles. The predicted molar refractivity (Wildman–Crippen MR) is 107 cm³/mol. The molecule has 0 spiro atoms. The number of halogens is 5. The van der Waals surface area contributed by atoms with Crippen molar-refractivity contribution in [3.8, 4) is 34.2 Å². The molecule has 0 bridgehead atoms. The highest BCUT2D eigenvalue weighted by atomic mass is 35.5. The van der Waals surface area contributed by atoms with E-state index in [1.807, 2.05) is 0 Å². The van der Waals surface area contributed by atoms with E-state index in [0.29, 0.717) is 20.7 Å². The number of hydrogen-bond acceptors (Lipinski definition) is 5. The Bertz CT molecular complexity index is 1430. The SMILES string of the molecule is Fc1ccc(-c2noc(-c3cc4nc(-c5ccc(Cl)cc5)cc(C(F)(F)F)n4n3)n2)cc1.